The summed E-state index contributed by atoms with van der Waals surface area (Å²) < 4.78 is 1.84. The Hall–Kier alpha value is -1.54. The van der Waals surface area contributed by atoms with Crippen molar-refractivity contribution in [3.8, 4) is 0 Å². The maximum Gasteiger partial charge on any atom is 0.320 e. The molecule has 1 unspecified atom stereocenters. The van der Waals surface area contributed by atoms with Crippen LogP contribution in [0.1, 0.15) is 26.1 Å². The molecule has 1 N–H and O–H groups in total. The summed E-state index contributed by atoms with van der Waals surface area (Å²) in [6.07, 6.45) is 1.00. The molecule has 1 aliphatic rings. The Morgan fingerprint density at radius 2 is 2.05 bits per heavy atom. The van der Waals surface area contributed by atoms with Gasteiger partial charge in [0.15, 0.2) is 5.82 Å². The lowest BCUT2D eigenvalue weighted by Crippen LogP contribution is -2.51. The molecule has 1 aromatic rings. The number of aliphatic carboxylic acids is 1. The van der Waals surface area contributed by atoms with Gasteiger partial charge < -0.3 is 5.11 Å². The molecule has 1 aromatic heterocycles. The number of hydrogen-bond acceptors (Lipinski definition) is 6. The second-order valence-electron chi connectivity index (χ2n) is 5.14. The Balaban J connectivity index is 1.85. The summed E-state index contributed by atoms with van der Waals surface area (Å²) in [5, 5.41) is 20.8. The third-order valence-corrected chi connectivity index (χ3v) is 3.72. The van der Waals surface area contributed by atoms with E-state index in [1.165, 1.54) is 0 Å². The number of tetrazole rings is 1. The summed E-state index contributed by atoms with van der Waals surface area (Å²) in [4.78, 5) is 15.2. The van der Waals surface area contributed by atoms with E-state index in [0.717, 1.165) is 51.5 Å². The maximum absolute atomic E-state index is 11.0. The van der Waals surface area contributed by atoms with Gasteiger partial charge >= 0.3 is 5.97 Å². The summed E-state index contributed by atoms with van der Waals surface area (Å²) in [7, 11) is 0. The van der Waals surface area contributed by atoms with Crippen molar-refractivity contribution in [2.45, 2.75) is 39.4 Å². The van der Waals surface area contributed by atoms with E-state index >= 15 is 0 Å². The number of aromatic nitrogens is 4. The van der Waals surface area contributed by atoms with E-state index < -0.39 is 12.0 Å². The Morgan fingerprint density at radius 1 is 1.35 bits per heavy atom. The second-order valence-corrected chi connectivity index (χ2v) is 5.14. The molecule has 0 saturated carbocycles. The lowest BCUT2D eigenvalue weighted by Gasteiger charge is -2.36. The van der Waals surface area contributed by atoms with E-state index in [0.29, 0.717) is 0 Å². The molecule has 20 heavy (non-hydrogen) atoms. The van der Waals surface area contributed by atoms with Gasteiger partial charge in [-0.2, -0.15) is 0 Å². The zero-order valence-electron chi connectivity index (χ0n) is 12.1. The van der Waals surface area contributed by atoms with E-state index in [1.807, 2.05) is 9.58 Å². The van der Waals surface area contributed by atoms with Crippen molar-refractivity contribution in [2.24, 2.45) is 0 Å². The van der Waals surface area contributed by atoms with Crippen LogP contribution in [0.3, 0.4) is 0 Å². The molecule has 1 aliphatic heterocycles. The van der Waals surface area contributed by atoms with Gasteiger partial charge in [-0.1, -0.05) is 6.92 Å². The fourth-order valence-electron chi connectivity index (χ4n) is 2.39. The molecular weight excluding hydrogens is 260 g/mol. The monoisotopic (exact) mass is 282 g/mol. The van der Waals surface area contributed by atoms with E-state index in [1.54, 1.807) is 6.92 Å². The quantitative estimate of drug-likeness (QED) is 0.764. The summed E-state index contributed by atoms with van der Waals surface area (Å²) in [6, 6.07) is -0.414. The SMILES string of the molecule is CCCn1nnnc1CN1CCN(C(C)C(=O)O)CC1. The standard InChI is InChI=1S/C12H22N6O2/c1-3-4-18-11(13-14-15-18)9-16-5-7-17(8-6-16)10(2)12(19)20/h10H,3-9H2,1-2H3,(H,19,20). The van der Waals surface area contributed by atoms with E-state index in [4.69, 9.17) is 5.11 Å². The first kappa shape index (κ1) is 14.9. The van der Waals surface area contributed by atoms with Crippen molar-refractivity contribution in [1.29, 1.82) is 0 Å². The first-order chi connectivity index (χ1) is 9.61. The summed E-state index contributed by atoms with van der Waals surface area (Å²) in [5.41, 5.74) is 0. The van der Waals surface area contributed by atoms with Crippen LogP contribution >= 0.6 is 0 Å². The van der Waals surface area contributed by atoms with Gasteiger partial charge in [0.1, 0.15) is 6.04 Å². The zero-order chi connectivity index (χ0) is 14.5. The zero-order valence-corrected chi connectivity index (χ0v) is 12.1. The normalized spacial score (nSPS) is 19.1. The Morgan fingerprint density at radius 3 is 2.65 bits per heavy atom. The van der Waals surface area contributed by atoms with Crippen LogP contribution in [0.5, 0.6) is 0 Å². The Labute approximate surface area is 118 Å². The highest BCUT2D eigenvalue weighted by atomic mass is 16.4. The van der Waals surface area contributed by atoms with Crippen LogP contribution in [-0.2, 0) is 17.9 Å². The van der Waals surface area contributed by atoms with Crippen molar-refractivity contribution < 1.29 is 9.90 Å². The largest absolute Gasteiger partial charge is 0.480 e. The van der Waals surface area contributed by atoms with Gasteiger partial charge in [0.05, 0.1) is 6.54 Å². The molecule has 2 heterocycles. The number of carbonyl (C=O) groups is 1. The Bertz CT molecular complexity index is 441. The van der Waals surface area contributed by atoms with Gasteiger partial charge in [-0.15, -0.1) is 5.10 Å². The van der Waals surface area contributed by atoms with Crippen LogP contribution in [0.4, 0.5) is 0 Å². The van der Waals surface area contributed by atoms with E-state index in [-0.39, 0.29) is 0 Å². The molecule has 0 radical (unpaired) electrons. The van der Waals surface area contributed by atoms with Crippen molar-refractivity contribution in [2.75, 3.05) is 26.2 Å². The molecule has 2 rings (SSSR count). The fourth-order valence-corrected chi connectivity index (χ4v) is 2.39. The summed E-state index contributed by atoms with van der Waals surface area (Å²) in [5.74, 6) is 0.122. The molecule has 112 valence electrons. The molecule has 8 nitrogen and oxygen atoms in total. The lowest BCUT2D eigenvalue weighted by molar-refractivity contribution is -0.143. The summed E-state index contributed by atoms with van der Waals surface area (Å²) in [6.45, 7) is 8.61. The van der Waals surface area contributed by atoms with Crippen molar-refractivity contribution in [1.82, 2.24) is 30.0 Å². The van der Waals surface area contributed by atoms with Gasteiger partial charge in [0.25, 0.3) is 0 Å². The molecular formula is C12H22N6O2. The van der Waals surface area contributed by atoms with Crippen LogP contribution in [-0.4, -0.2) is 73.3 Å². The van der Waals surface area contributed by atoms with Crippen molar-refractivity contribution in [3.05, 3.63) is 5.82 Å². The molecule has 0 spiro atoms. The van der Waals surface area contributed by atoms with Gasteiger partial charge in [-0.05, 0) is 23.8 Å². The lowest BCUT2D eigenvalue weighted by atomic mass is 10.2. The molecule has 0 aromatic carbocycles. The predicted molar refractivity (Wildman–Crippen MR) is 72.1 cm³/mol. The van der Waals surface area contributed by atoms with Gasteiger partial charge in [0.2, 0.25) is 0 Å². The molecule has 1 saturated heterocycles. The summed E-state index contributed by atoms with van der Waals surface area (Å²) >= 11 is 0. The average molecular weight is 282 g/mol. The van der Waals surface area contributed by atoms with Gasteiger partial charge in [-0.3, -0.25) is 14.6 Å². The number of carboxylic acids is 1. The maximum atomic E-state index is 11.0. The highest BCUT2D eigenvalue weighted by molar-refractivity contribution is 5.72. The smallest absolute Gasteiger partial charge is 0.320 e. The van der Waals surface area contributed by atoms with Crippen LogP contribution in [0.25, 0.3) is 0 Å². The Kier molecular flexibility index (Phi) is 5.02. The molecule has 8 heteroatoms. The number of nitrogens with zero attached hydrogens (tertiary/aromatic N) is 6. The van der Waals surface area contributed by atoms with Gasteiger partial charge in [-0.25, -0.2) is 4.68 Å². The van der Waals surface area contributed by atoms with Crippen LogP contribution in [0.2, 0.25) is 0 Å². The molecule has 0 bridgehead atoms. The van der Waals surface area contributed by atoms with E-state index in [2.05, 4.69) is 27.3 Å². The molecule has 1 atom stereocenters. The van der Waals surface area contributed by atoms with Crippen molar-refractivity contribution in [3.63, 3.8) is 0 Å². The first-order valence-electron chi connectivity index (χ1n) is 7.06. The number of piperazine rings is 1. The first-order valence-corrected chi connectivity index (χ1v) is 7.06. The molecule has 0 aliphatic carbocycles. The third kappa shape index (κ3) is 3.51. The third-order valence-electron chi connectivity index (χ3n) is 3.72. The van der Waals surface area contributed by atoms with E-state index in [9.17, 15) is 4.79 Å². The number of carboxylic acid groups (broad SMARTS) is 1. The van der Waals surface area contributed by atoms with Gasteiger partial charge in [0, 0.05) is 32.7 Å². The average Bonchev–Trinajstić information content (AvgIpc) is 2.86. The van der Waals surface area contributed by atoms with Crippen LogP contribution < -0.4 is 0 Å². The number of aryl methyl sites for hydroxylation is 1. The van der Waals surface area contributed by atoms with Crippen LogP contribution in [0.15, 0.2) is 0 Å². The minimum Gasteiger partial charge on any atom is -0.480 e. The van der Waals surface area contributed by atoms with Crippen molar-refractivity contribution >= 4 is 5.97 Å². The topological polar surface area (TPSA) is 87.4 Å². The highest BCUT2D eigenvalue weighted by Gasteiger charge is 2.25. The number of hydrogen-bond donors (Lipinski definition) is 1. The fraction of sp³-hybridized carbons (Fsp3) is 0.833. The molecule has 0 amide bonds. The minimum atomic E-state index is -0.759. The molecule has 1 fully saturated rings. The number of rotatable bonds is 6. The highest BCUT2D eigenvalue weighted by Crippen LogP contribution is 2.09. The predicted octanol–water partition coefficient (Wildman–Crippen LogP) is -0.326. The second kappa shape index (κ2) is 6.76. The minimum absolute atomic E-state index is 0.414. The van der Waals surface area contributed by atoms with Crippen LogP contribution in [0, 0.1) is 0 Å².